The molecule has 1 aliphatic rings. The Bertz CT molecular complexity index is 94.4. The van der Waals surface area contributed by atoms with Gasteiger partial charge in [0.2, 0.25) is 6.29 Å². The molecule has 1 unspecified atom stereocenters. The molecule has 0 amide bonds. The second-order valence-corrected chi connectivity index (χ2v) is 1.91. The van der Waals surface area contributed by atoms with E-state index in [1.54, 1.807) is 6.29 Å². The largest absolute Gasteiger partial charge is 0.391 e. The van der Waals surface area contributed by atoms with Crippen LogP contribution in [0.2, 0.25) is 0 Å². The van der Waals surface area contributed by atoms with Crippen LogP contribution in [0.4, 0.5) is 0 Å². The molecule has 45 valence electrons. The Morgan fingerprint density at radius 3 is 2.75 bits per heavy atom. The van der Waals surface area contributed by atoms with Crippen molar-refractivity contribution in [2.75, 3.05) is 6.54 Å². The molecule has 8 heavy (non-hydrogen) atoms. The molecule has 2 N–H and O–H groups in total. The lowest BCUT2D eigenvalue weighted by Gasteiger charge is -2.02. The van der Waals surface area contributed by atoms with Crippen LogP contribution in [0.5, 0.6) is 0 Å². The monoisotopic (exact) mass is 114 g/mol. The van der Waals surface area contributed by atoms with E-state index < -0.39 is 12.1 Å². The van der Waals surface area contributed by atoms with Crippen LogP contribution in [-0.2, 0) is 4.79 Å². The minimum absolute atomic E-state index is 0.435. The van der Waals surface area contributed by atoms with Gasteiger partial charge in [-0.1, -0.05) is 0 Å². The standard InChI is InChI=1S/C5H8NO2/c7-3-4-5(8)1-2-6-4/h4-6,8H,1-2H2/t4?,5-/m0/s1. The normalized spacial score (nSPS) is 37.6. The maximum Gasteiger partial charge on any atom is 0.219 e. The maximum absolute atomic E-state index is 9.87. The topological polar surface area (TPSA) is 49.3 Å². The van der Waals surface area contributed by atoms with Crippen LogP contribution < -0.4 is 5.32 Å². The first-order valence-corrected chi connectivity index (χ1v) is 2.63. The molecule has 3 nitrogen and oxygen atoms in total. The van der Waals surface area contributed by atoms with Gasteiger partial charge in [-0.05, 0) is 13.0 Å². The number of rotatable bonds is 1. The van der Waals surface area contributed by atoms with Crippen LogP contribution >= 0.6 is 0 Å². The van der Waals surface area contributed by atoms with Gasteiger partial charge in [-0.15, -0.1) is 0 Å². The molecule has 0 aliphatic carbocycles. The van der Waals surface area contributed by atoms with Gasteiger partial charge in [0, 0.05) is 0 Å². The van der Waals surface area contributed by atoms with E-state index >= 15 is 0 Å². The first-order chi connectivity index (χ1) is 3.84. The van der Waals surface area contributed by atoms with E-state index in [9.17, 15) is 4.79 Å². The number of aliphatic hydroxyl groups excluding tert-OH is 1. The van der Waals surface area contributed by atoms with E-state index in [0.717, 1.165) is 6.54 Å². The van der Waals surface area contributed by atoms with Gasteiger partial charge in [0.25, 0.3) is 0 Å². The zero-order valence-electron chi connectivity index (χ0n) is 4.42. The molecule has 0 spiro atoms. The highest BCUT2D eigenvalue weighted by Gasteiger charge is 2.23. The molecule has 3 heteroatoms. The third-order valence-corrected chi connectivity index (χ3v) is 1.32. The molecule has 1 rings (SSSR count). The van der Waals surface area contributed by atoms with E-state index in [4.69, 9.17) is 5.11 Å². The van der Waals surface area contributed by atoms with E-state index in [0.29, 0.717) is 6.42 Å². The summed E-state index contributed by atoms with van der Waals surface area (Å²) in [5.41, 5.74) is 0. The second kappa shape index (κ2) is 2.24. The van der Waals surface area contributed by atoms with E-state index in [-0.39, 0.29) is 0 Å². The predicted molar refractivity (Wildman–Crippen MR) is 28.1 cm³/mol. The average molecular weight is 114 g/mol. The first-order valence-electron chi connectivity index (χ1n) is 2.63. The summed E-state index contributed by atoms with van der Waals surface area (Å²) in [4.78, 5) is 9.87. The van der Waals surface area contributed by atoms with Crippen molar-refractivity contribution in [1.29, 1.82) is 0 Å². The van der Waals surface area contributed by atoms with E-state index in [1.807, 2.05) is 0 Å². The summed E-state index contributed by atoms with van der Waals surface area (Å²) < 4.78 is 0. The Kier molecular flexibility index (Phi) is 1.60. The summed E-state index contributed by atoms with van der Waals surface area (Å²) in [7, 11) is 0. The van der Waals surface area contributed by atoms with Crippen molar-refractivity contribution < 1.29 is 9.90 Å². The summed E-state index contributed by atoms with van der Waals surface area (Å²) in [6, 6.07) is -0.435. The highest BCUT2D eigenvalue weighted by molar-refractivity contribution is 5.60. The highest BCUT2D eigenvalue weighted by Crippen LogP contribution is 2.02. The molecular weight excluding hydrogens is 106 g/mol. The number of hydrogen-bond acceptors (Lipinski definition) is 3. The molecule has 0 saturated carbocycles. The zero-order chi connectivity index (χ0) is 5.98. The minimum Gasteiger partial charge on any atom is -0.391 e. The van der Waals surface area contributed by atoms with Crippen LogP contribution in [0.1, 0.15) is 6.42 Å². The first kappa shape index (κ1) is 5.72. The number of nitrogens with one attached hydrogen (secondary N) is 1. The van der Waals surface area contributed by atoms with Crippen LogP contribution in [0.25, 0.3) is 0 Å². The van der Waals surface area contributed by atoms with Crippen molar-refractivity contribution in [2.24, 2.45) is 0 Å². The molecule has 1 radical (unpaired) electrons. The molecule has 0 aromatic carbocycles. The molecule has 1 fully saturated rings. The molecule has 0 aromatic rings. The summed E-state index contributed by atoms with van der Waals surface area (Å²) >= 11 is 0. The SMILES string of the molecule is O=[C]C1NCC[C@@H]1O. The fraction of sp³-hybridized carbons (Fsp3) is 0.800. The molecule has 0 bridgehead atoms. The Morgan fingerprint density at radius 2 is 2.50 bits per heavy atom. The average Bonchev–Trinajstić information content (AvgIpc) is 2.14. The summed E-state index contributed by atoms with van der Waals surface area (Å²) in [6.07, 6.45) is 1.86. The fourth-order valence-electron chi connectivity index (χ4n) is 0.810. The van der Waals surface area contributed by atoms with Crippen molar-refractivity contribution in [2.45, 2.75) is 18.6 Å². The predicted octanol–water partition coefficient (Wildman–Crippen LogP) is -1.18. The van der Waals surface area contributed by atoms with Gasteiger partial charge in [0.05, 0.1) is 6.10 Å². The van der Waals surface area contributed by atoms with Gasteiger partial charge in [0.1, 0.15) is 6.04 Å². The van der Waals surface area contributed by atoms with Gasteiger partial charge < -0.3 is 10.4 Å². The Balaban J connectivity index is 2.41. The smallest absolute Gasteiger partial charge is 0.219 e. The van der Waals surface area contributed by atoms with Crippen molar-refractivity contribution in [3.8, 4) is 0 Å². The van der Waals surface area contributed by atoms with Gasteiger partial charge in [0.15, 0.2) is 0 Å². The lowest BCUT2D eigenvalue weighted by atomic mass is 10.2. The van der Waals surface area contributed by atoms with Crippen LogP contribution in [0.3, 0.4) is 0 Å². The molecule has 1 aliphatic heterocycles. The molecule has 1 heterocycles. The second-order valence-electron chi connectivity index (χ2n) is 1.91. The third kappa shape index (κ3) is 0.877. The van der Waals surface area contributed by atoms with Crippen LogP contribution in [0, 0.1) is 0 Å². The van der Waals surface area contributed by atoms with Crippen molar-refractivity contribution >= 4 is 6.29 Å². The van der Waals surface area contributed by atoms with Gasteiger partial charge in [-0.3, -0.25) is 4.79 Å². The third-order valence-electron chi connectivity index (χ3n) is 1.32. The Hall–Kier alpha value is -0.410. The highest BCUT2D eigenvalue weighted by atomic mass is 16.3. The number of carbonyl (C=O) groups excluding carboxylic acids is 1. The maximum atomic E-state index is 9.87. The molecule has 0 aromatic heterocycles. The molecular formula is C5H8NO2. The summed E-state index contributed by atoms with van der Waals surface area (Å²) in [5, 5.41) is 11.6. The van der Waals surface area contributed by atoms with Crippen LogP contribution in [-0.4, -0.2) is 30.1 Å². The zero-order valence-corrected chi connectivity index (χ0v) is 4.42. The van der Waals surface area contributed by atoms with E-state index in [1.165, 1.54) is 0 Å². The fourth-order valence-corrected chi connectivity index (χ4v) is 0.810. The number of aliphatic hydroxyl groups is 1. The van der Waals surface area contributed by atoms with Crippen molar-refractivity contribution in [1.82, 2.24) is 5.32 Å². The molecule has 1 saturated heterocycles. The molecule has 2 atom stereocenters. The number of hydrogen-bond donors (Lipinski definition) is 2. The summed E-state index contributed by atoms with van der Waals surface area (Å²) in [5.74, 6) is 0. The van der Waals surface area contributed by atoms with Gasteiger partial charge >= 0.3 is 0 Å². The minimum atomic E-state index is -0.507. The summed E-state index contributed by atoms with van der Waals surface area (Å²) in [6.45, 7) is 0.723. The van der Waals surface area contributed by atoms with E-state index in [2.05, 4.69) is 5.32 Å². The van der Waals surface area contributed by atoms with Crippen molar-refractivity contribution in [3.05, 3.63) is 0 Å². The Labute approximate surface area is 47.7 Å². The Morgan fingerprint density at radius 1 is 1.75 bits per heavy atom. The lowest BCUT2D eigenvalue weighted by molar-refractivity contribution is 0.179. The van der Waals surface area contributed by atoms with Gasteiger partial charge in [-0.25, -0.2) is 0 Å². The van der Waals surface area contributed by atoms with Crippen LogP contribution in [0.15, 0.2) is 0 Å². The quantitative estimate of drug-likeness (QED) is 0.451. The lowest BCUT2D eigenvalue weighted by Crippen LogP contribution is -2.31. The van der Waals surface area contributed by atoms with Crippen molar-refractivity contribution in [3.63, 3.8) is 0 Å². The van der Waals surface area contributed by atoms with Gasteiger partial charge in [-0.2, -0.15) is 0 Å².